The number of rotatable bonds is 6. The van der Waals surface area contributed by atoms with E-state index in [-0.39, 0.29) is 11.5 Å². The van der Waals surface area contributed by atoms with Crippen LogP contribution in [0.2, 0.25) is 0 Å². The molecule has 0 heterocycles. The Bertz CT molecular complexity index is 357. The number of nitrogens with zero attached hydrogens (tertiary/aromatic N) is 1. The quantitative estimate of drug-likeness (QED) is 0.793. The molecule has 1 rings (SSSR count). The molecule has 96 valence electrons. The van der Waals surface area contributed by atoms with Crippen molar-refractivity contribution >= 4 is 17.4 Å². The molecule has 1 atom stereocenters. The zero-order valence-electron chi connectivity index (χ0n) is 10.7. The topological polar surface area (TPSA) is 29.3 Å². The average molecular weight is 256 g/mol. The molecule has 0 amide bonds. The maximum atomic E-state index is 13.3. The Morgan fingerprint density at radius 2 is 2.18 bits per heavy atom. The second kappa shape index (κ2) is 6.87. The van der Waals surface area contributed by atoms with Crippen molar-refractivity contribution < 1.29 is 4.39 Å². The first-order valence-corrected chi connectivity index (χ1v) is 7.17. The van der Waals surface area contributed by atoms with Gasteiger partial charge in [0.15, 0.2) is 0 Å². The summed E-state index contributed by atoms with van der Waals surface area (Å²) in [4.78, 5) is 2.21. The van der Waals surface area contributed by atoms with Gasteiger partial charge in [0.1, 0.15) is 5.82 Å². The van der Waals surface area contributed by atoms with Gasteiger partial charge in [-0.3, -0.25) is 4.90 Å². The summed E-state index contributed by atoms with van der Waals surface area (Å²) in [6.07, 6.45) is 3.24. The summed E-state index contributed by atoms with van der Waals surface area (Å²) in [6, 6.07) is 5.47. The SMILES string of the molecule is CSCCC(C)N(C)Cc1cccc(F)c1N. The molecule has 0 saturated heterocycles. The number of nitrogen functional groups attached to an aromatic ring is 1. The van der Waals surface area contributed by atoms with E-state index in [9.17, 15) is 4.39 Å². The Morgan fingerprint density at radius 3 is 2.82 bits per heavy atom. The van der Waals surface area contributed by atoms with Crippen LogP contribution in [-0.4, -0.2) is 30.0 Å². The van der Waals surface area contributed by atoms with Gasteiger partial charge in [-0.15, -0.1) is 0 Å². The molecule has 0 aliphatic carbocycles. The van der Waals surface area contributed by atoms with E-state index in [0.717, 1.165) is 17.7 Å². The van der Waals surface area contributed by atoms with E-state index in [1.54, 1.807) is 6.07 Å². The highest BCUT2D eigenvalue weighted by Crippen LogP contribution is 2.18. The fourth-order valence-electron chi connectivity index (χ4n) is 1.65. The number of para-hydroxylation sites is 1. The van der Waals surface area contributed by atoms with Crippen LogP contribution in [0.5, 0.6) is 0 Å². The lowest BCUT2D eigenvalue weighted by Gasteiger charge is -2.25. The van der Waals surface area contributed by atoms with Crippen LogP contribution in [0.4, 0.5) is 10.1 Å². The normalized spacial score (nSPS) is 13.0. The van der Waals surface area contributed by atoms with Crippen LogP contribution in [0.3, 0.4) is 0 Å². The number of hydrogen-bond donors (Lipinski definition) is 1. The number of halogens is 1. The van der Waals surface area contributed by atoms with Crippen LogP contribution < -0.4 is 5.73 Å². The Morgan fingerprint density at radius 1 is 1.47 bits per heavy atom. The third-order valence-corrected chi connectivity index (χ3v) is 3.70. The first-order valence-electron chi connectivity index (χ1n) is 5.78. The fraction of sp³-hybridized carbons (Fsp3) is 0.538. The zero-order valence-corrected chi connectivity index (χ0v) is 11.6. The van der Waals surface area contributed by atoms with Crippen LogP contribution in [0.15, 0.2) is 18.2 Å². The van der Waals surface area contributed by atoms with Gasteiger partial charge in [0, 0.05) is 12.6 Å². The Kier molecular flexibility index (Phi) is 5.78. The predicted octanol–water partition coefficient (Wildman–Crippen LogP) is 2.98. The van der Waals surface area contributed by atoms with E-state index < -0.39 is 0 Å². The molecule has 0 aromatic heterocycles. The minimum atomic E-state index is -0.326. The highest BCUT2D eigenvalue weighted by atomic mass is 32.2. The molecule has 1 aromatic carbocycles. The van der Waals surface area contributed by atoms with Crippen molar-refractivity contribution in [1.82, 2.24) is 4.90 Å². The van der Waals surface area contributed by atoms with E-state index in [4.69, 9.17) is 5.73 Å². The van der Waals surface area contributed by atoms with E-state index in [0.29, 0.717) is 12.6 Å². The standard InChI is InChI=1S/C13H21FN2S/c1-10(7-8-17-3)16(2)9-11-5-4-6-12(14)13(11)15/h4-6,10H,7-9,15H2,1-3H3. The van der Waals surface area contributed by atoms with Crippen LogP contribution in [0.1, 0.15) is 18.9 Å². The highest BCUT2D eigenvalue weighted by molar-refractivity contribution is 7.98. The monoisotopic (exact) mass is 256 g/mol. The minimum Gasteiger partial charge on any atom is -0.396 e. The summed E-state index contributed by atoms with van der Waals surface area (Å²) in [5, 5.41) is 0. The lowest BCUT2D eigenvalue weighted by Crippen LogP contribution is -2.29. The number of hydrogen-bond acceptors (Lipinski definition) is 3. The lowest BCUT2D eigenvalue weighted by atomic mass is 10.1. The Balaban J connectivity index is 2.61. The van der Waals surface area contributed by atoms with Crippen LogP contribution in [0.25, 0.3) is 0 Å². The first-order chi connectivity index (χ1) is 8.06. The third-order valence-electron chi connectivity index (χ3n) is 3.06. The lowest BCUT2D eigenvalue weighted by molar-refractivity contribution is 0.245. The van der Waals surface area contributed by atoms with Crippen molar-refractivity contribution in [1.29, 1.82) is 0 Å². The fourth-order valence-corrected chi connectivity index (χ4v) is 2.23. The van der Waals surface area contributed by atoms with Crippen LogP contribution >= 0.6 is 11.8 Å². The number of benzene rings is 1. The number of anilines is 1. The molecule has 1 unspecified atom stereocenters. The smallest absolute Gasteiger partial charge is 0.146 e. The second-order valence-corrected chi connectivity index (χ2v) is 5.34. The highest BCUT2D eigenvalue weighted by Gasteiger charge is 2.12. The van der Waals surface area contributed by atoms with Gasteiger partial charge in [-0.25, -0.2) is 4.39 Å². The van der Waals surface area contributed by atoms with E-state index in [2.05, 4.69) is 25.1 Å². The summed E-state index contributed by atoms with van der Waals surface area (Å²) >= 11 is 1.85. The Labute approximate surface area is 107 Å². The van der Waals surface area contributed by atoms with Crippen molar-refractivity contribution in [2.45, 2.75) is 25.9 Å². The number of nitrogens with two attached hydrogens (primary N) is 1. The summed E-state index contributed by atoms with van der Waals surface area (Å²) in [5.74, 6) is 0.817. The van der Waals surface area contributed by atoms with Gasteiger partial charge >= 0.3 is 0 Å². The first kappa shape index (κ1) is 14.3. The van der Waals surface area contributed by atoms with Gasteiger partial charge in [0.05, 0.1) is 5.69 Å². The zero-order chi connectivity index (χ0) is 12.8. The van der Waals surface area contributed by atoms with Gasteiger partial charge in [-0.2, -0.15) is 11.8 Å². The average Bonchev–Trinajstić information content (AvgIpc) is 2.31. The molecule has 0 bridgehead atoms. The van der Waals surface area contributed by atoms with Crippen molar-refractivity contribution in [2.75, 3.05) is 24.8 Å². The maximum absolute atomic E-state index is 13.3. The molecule has 0 saturated carbocycles. The minimum absolute atomic E-state index is 0.274. The van der Waals surface area contributed by atoms with Gasteiger partial charge in [-0.05, 0) is 44.0 Å². The predicted molar refractivity (Wildman–Crippen MR) is 74.7 cm³/mol. The molecular weight excluding hydrogens is 235 g/mol. The molecule has 0 spiro atoms. The molecular formula is C13H21FN2S. The largest absolute Gasteiger partial charge is 0.396 e. The van der Waals surface area contributed by atoms with Gasteiger partial charge in [0.25, 0.3) is 0 Å². The second-order valence-electron chi connectivity index (χ2n) is 4.36. The van der Waals surface area contributed by atoms with E-state index in [1.807, 2.05) is 17.8 Å². The van der Waals surface area contributed by atoms with Gasteiger partial charge in [0.2, 0.25) is 0 Å². The van der Waals surface area contributed by atoms with E-state index >= 15 is 0 Å². The Hall–Kier alpha value is -0.740. The van der Waals surface area contributed by atoms with Crippen LogP contribution in [-0.2, 0) is 6.54 Å². The van der Waals surface area contributed by atoms with Gasteiger partial charge < -0.3 is 5.73 Å². The molecule has 2 N–H and O–H groups in total. The van der Waals surface area contributed by atoms with Crippen molar-refractivity contribution in [3.63, 3.8) is 0 Å². The molecule has 4 heteroatoms. The van der Waals surface area contributed by atoms with Crippen molar-refractivity contribution in [3.05, 3.63) is 29.6 Å². The molecule has 2 nitrogen and oxygen atoms in total. The molecule has 0 fully saturated rings. The van der Waals surface area contributed by atoms with Crippen molar-refractivity contribution in [3.8, 4) is 0 Å². The van der Waals surface area contributed by atoms with E-state index in [1.165, 1.54) is 6.07 Å². The summed E-state index contributed by atoms with van der Waals surface area (Å²) in [5.41, 5.74) is 6.86. The molecule has 0 aliphatic rings. The van der Waals surface area contributed by atoms with Crippen LogP contribution in [0, 0.1) is 5.82 Å². The number of thioether (sulfide) groups is 1. The summed E-state index contributed by atoms with van der Waals surface area (Å²) < 4.78 is 13.3. The molecule has 0 aliphatic heterocycles. The van der Waals surface area contributed by atoms with Crippen molar-refractivity contribution in [2.24, 2.45) is 0 Å². The summed E-state index contributed by atoms with van der Waals surface area (Å²) in [7, 11) is 2.05. The molecule has 1 aromatic rings. The maximum Gasteiger partial charge on any atom is 0.146 e. The molecule has 0 radical (unpaired) electrons. The van der Waals surface area contributed by atoms with Gasteiger partial charge in [-0.1, -0.05) is 12.1 Å². The molecule has 17 heavy (non-hydrogen) atoms. The summed E-state index contributed by atoms with van der Waals surface area (Å²) in [6.45, 7) is 2.88. The third kappa shape index (κ3) is 4.21.